The Bertz CT molecular complexity index is 425. The lowest BCUT2D eigenvalue weighted by Crippen LogP contribution is -2.50. The summed E-state index contributed by atoms with van der Waals surface area (Å²) >= 11 is 0. The van der Waals surface area contributed by atoms with Crippen LogP contribution in [0.2, 0.25) is 0 Å². The standard InChI is InChI=1S/C19H28O/c1-15(16-8-3-2-4-9-16)14-18-12-7-11-17-10-5-6-13-19(17,18)20/h2-4,8-9,15,17-18,20H,5-7,10-14H2,1H3/t15?,17-,18-,19+/m1/s1. The Morgan fingerprint density at radius 1 is 1.10 bits per heavy atom. The Hall–Kier alpha value is -0.820. The fraction of sp³-hybridized carbons (Fsp3) is 0.684. The molecule has 2 fully saturated rings. The van der Waals surface area contributed by atoms with Crippen molar-refractivity contribution in [1.82, 2.24) is 0 Å². The first-order chi connectivity index (χ1) is 9.70. The van der Waals surface area contributed by atoms with Gasteiger partial charge in [0.25, 0.3) is 0 Å². The molecule has 0 aromatic heterocycles. The third-order valence-electron chi connectivity index (χ3n) is 5.91. The van der Waals surface area contributed by atoms with Crippen LogP contribution in [0.3, 0.4) is 0 Å². The van der Waals surface area contributed by atoms with Crippen molar-refractivity contribution in [3.05, 3.63) is 35.9 Å². The van der Waals surface area contributed by atoms with Gasteiger partial charge in [-0.05, 0) is 55.4 Å². The number of fused-ring (bicyclic) bond motifs is 1. The summed E-state index contributed by atoms with van der Waals surface area (Å²) in [7, 11) is 0. The minimum Gasteiger partial charge on any atom is -0.389 e. The van der Waals surface area contributed by atoms with Gasteiger partial charge in [-0.2, -0.15) is 0 Å². The highest BCUT2D eigenvalue weighted by Crippen LogP contribution is 2.49. The predicted molar refractivity (Wildman–Crippen MR) is 83.7 cm³/mol. The molecule has 0 bridgehead atoms. The van der Waals surface area contributed by atoms with Gasteiger partial charge in [0.05, 0.1) is 5.60 Å². The molecule has 0 amide bonds. The summed E-state index contributed by atoms with van der Waals surface area (Å²) < 4.78 is 0. The van der Waals surface area contributed by atoms with Crippen molar-refractivity contribution in [2.75, 3.05) is 0 Å². The fourth-order valence-electron chi connectivity index (χ4n) is 4.71. The molecule has 4 atom stereocenters. The largest absolute Gasteiger partial charge is 0.389 e. The molecule has 110 valence electrons. The lowest BCUT2D eigenvalue weighted by molar-refractivity contribution is -0.121. The normalized spacial score (nSPS) is 35.3. The van der Waals surface area contributed by atoms with E-state index in [0.717, 1.165) is 12.8 Å². The second-order valence-corrected chi connectivity index (χ2v) is 7.11. The van der Waals surface area contributed by atoms with E-state index in [1.54, 1.807) is 0 Å². The summed E-state index contributed by atoms with van der Waals surface area (Å²) in [6.07, 6.45) is 9.81. The summed E-state index contributed by atoms with van der Waals surface area (Å²) in [5, 5.41) is 11.2. The monoisotopic (exact) mass is 272 g/mol. The van der Waals surface area contributed by atoms with Crippen LogP contribution in [0, 0.1) is 11.8 Å². The van der Waals surface area contributed by atoms with E-state index in [1.807, 2.05) is 0 Å². The van der Waals surface area contributed by atoms with E-state index in [0.29, 0.717) is 17.8 Å². The highest BCUT2D eigenvalue weighted by Gasteiger charge is 2.47. The molecule has 2 aliphatic carbocycles. The van der Waals surface area contributed by atoms with E-state index >= 15 is 0 Å². The summed E-state index contributed by atoms with van der Waals surface area (Å²) in [5.74, 6) is 1.65. The smallest absolute Gasteiger partial charge is 0.0704 e. The van der Waals surface area contributed by atoms with Gasteiger partial charge in [-0.25, -0.2) is 0 Å². The van der Waals surface area contributed by atoms with E-state index < -0.39 is 0 Å². The second kappa shape index (κ2) is 5.89. The van der Waals surface area contributed by atoms with Crippen LogP contribution < -0.4 is 0 Å². The zero-order valence-corrected chi connectivity index (χ0v) is 12.7. The van der Waals surface area contributed by atoms with Crippen molar-refractivity contribution < 1.29 is 5.11 Å². The Kier molecular flexibility index (Phi) is 4.16. The van der Waals surface area contributed by atoms with Crippen molar-refractivity contribution >= 4 is 0 Å². The van der Waals surface area contributed by atoms with E-state index in [1.165, 1.54) is 44.1 Å². The molecule has 1 unspecified atom stereocenters. The molecule has 0 heterocycles. The molecule has 2 saturated carbocycles. The maximum Gasteiger partial charge on any atom is 0.0704 e. The predicted octanol–water partition coefficient (Wildman–Crippen LogP) is 4.90. The van der Waals surface area contributed by atoms with Gasteiger partial charge >= 0.3 is 0 Å². The highest BCUT2D eigenvalue weighted by molar-refractivity contribution is 5.19. The van der Waals surface area contributed by atoms with Crippen LogP contribution in [0.5, 0.6) is 0 Å². The Morgan fingerprint density at radius 2 is 1.85 bits per heavy atom. The van der Waals surface area contributed by atoms with Crippen molar-refractivity contribution in [1.29, 1.82) is 0 Å². The van der Waals surface area contributed by atoms with Crippen molar-refractivity contribution in [3.63, 3.8) is 0 Å². The first kappa shape index (κ1) is 14.1. The summed E-state index contributed by atoms with van der Waals surface area (Å²) in [6, 6.07) is 10.8. The zero-order valence-electron chi connectivity index (χ0n) is 12.7. The topological polar surface area (TPSA) is 20.2 Å². The number of benzene rings is 1. The Morgan fingerprint density at radius 3 is 2.65 bits per heavy atom. The first-order valence-corrected chi connectivity index (χ1v) is 8.47. The van der Waals surface area contributed by atoms with Crippen LogP contribution in [0.25, 0.3) is 0 Å². The van der Waals surface area contributed by atoms with Gasteiger partial charge in [0.15, 0.2) is 0 Å². The van der Waals surface area contributed by atoms with E-state index in [4.69, 9.17) is 0 Å². The van der Waals surface area contributed by atoms with Gasteiger partial charge in [0, 0.05) is 0 Å². The zero-order chi connectivity index (χ0) is 14.0. The molecule has 1 heteroatoms. The molecular weight excluding hydrogens is 244 g/mol. The first-order valence-electron chi connectivity index (χ1n) is 8.47. The third-order valence-corrected chi connectivity index (χ3v) is 5.91. The van der Waals surface area contributed by atoms with Gasteiger partial charge in [-0.1, -0.05) is 56.5 Å². The molecule has 2 aliphatic rings. The molecule has 0 saturated heterocycles. The molecule has 1 nitrogen and oxygen atoms in total. The van der Waals surface area contributed by atoms with E-state index in [9.17, 15) is 5.11 Å². The van der Waals surface area contributed by atoms with Crippen LogP contribution in [-0.2, 0) is 0 Å². The number of rotatable bonds is 3. The molecule has 20 heavy (non-hydrogen) atoms. The molecule has 0 spiro atoms. The van der Waals surface area contributed by atoms with Gasteiger partial charge in [0.1, 0.15) is 0 Å². The van der Waals surface area contributed by atoms with E-state index in [2.05, 4.69) is 37.3 Å². The highest BCUT2D eigenvalue weighted by atomic mass is 16.3. The SMILES string of the molecule is CC(C[C@H]1CCC[C@H]2CCCC[C@]21O)c1ccccc1. The quantitative estimate of drug-likeness (QED) is 0.829. The third kappa shape index (κ3) is 2.65. The summed E-state index contributed by atoms with van der Waals surface area (Å²) in [6.45, 7) is 2.32. The average molecular weight is 272 g/mol. The van der Waals surface area contributed by atoms with Crippen molar-refractivity contribution in [2.45, 2.75) is 69.8 Å². The maximum atomic E-state index is 11.2. The number of aliphatic hydroxyl groups is 1. The minimum atomic E-state index is -0.348. The van der Waals surface area contributed by atoms with Gasteiger partial charge < -0.3 is 5.11 Å². The number of hydrogen-bond donors (Lipinski definition) is 1. The molecule has 0 aliphatic heterocycles. The second-order valence-electron chi connectivity index (χ2n) is 7.11. The van der Waals surface area contributed by atoms with Crippen LogP contribution in [0.15, 0.2) is 30.3 Å². The van der Waals surface area contributed by atoms with Crippen molar-refractivity contribution in [2.24, 2.45) is 11.8 Å². The van der Waals surface area contributed by atoms with Crippen LogP contribution in [0.4, 0.5) is 0 Å². The summed E-state index contributed by atoms with van der Waals surface area (Å²) in [5.41, 5.74) is 1.08. The minimum absolute atomic E-state index is 0.348. The lowest BCUT2D eigenvalue weighted by Gasteiger charge is -2.49. The molecule has 1 N–H and O–H groups in total. The Labute approximate surface area is 123 Å². The van der Waals surface area contributed by atoms with Gasteiger partial charge in [-0.15, -0.1) is 0 Å². The number of hydrogen-bond acceptors (Lipinski definition) is 1. The lowest BCUT2D eigenvalue weighted by atomic mass is 9.60. The molecule has 3 rings (SSSR count). The van der Waals surface area contributed by atoms with Crippen LogP contribution in [-0.4, -0.2) is 10.7 Å². The van der Waals surface area contributed by atoms with Crippen molar-refractivity contribution in [3.8, 4) is 0 Å². The van der Waals surface area contributed by atoms with Gasteiger partial charge in [-0.3, -0.25) is 0 Å². The maximum absolute atomic E-state index is 11.2. The molecule has 1 aromatic carbocycles. The van der Waals surface area contributed by atoms with Crippen LogP contribution >= 0.6 is 0 Å². The molecule has 1 aromatic rings. The average Bonchev–Trinajstić information content (AvgIpc) is 2.49. The summed E-state index contributed by atoms with van der Waals surface area (Å²) in [4.78, 5) is 0. The van der Waals surface area contributed by atoms with Crippen LogP contribution in [0.1, 0.15) is 69.8 Å². The van der Waals surface area contributed by atoms with E-state index in [-0.39, 0.29) is 5.60 Å². The molecular formula is C19H28O. The molecule has 0 radical (unpaired) electrons. The Balaban J connectivity index is 1.72. The fourth-order valence-corrected chi connectivity index (χ4v) is 4.71. The van der Waals surface area contributed by atoms with Gasteiger partial charge in [0.2, 0.25) is 0 Å².